The second-order valence-corrected chi connectivity index (χ2v) is 6.56. The zero-order chi connectivity index (χ0) is 21.4. The number of halogens is 2. The minimum Gasteiger partial charge on any atom is -0.334 e. The molecular formula is C22H12F2N4O3. The maximum atomic E-state index is 13.3. The third kappa shape index (κ3) is 3.42. The second kappa shape index (κ2) is 7.45. The molecule has 0 aliphatic carbocycles. The molecule has 0 atom stereocenters. The van der Waals surface area contributed by atoms with Gasteiger partial charge >= 0.3 is 5.76 Å². The highest BCUT2D eigenvalue weighted by molar-refractivity contribution is 5.70. The van der Waals surface area contributed by atoms with Crippen LogP contribution in [0.4, 0.5) is 8.78 Å². The smallest absolute Gasteiger partial charge is 0.334 e. The molecule has 2 heterocycles. The molecule has 0 radical (unpaired) electrons. The van der Waals surface area contributed by atoms with E-state index in [2.05, 4.69) is 15.3 Å². The lowest BCUT2D eigenvalue weighted by molar-refractivity contribution is 0.383. The van der Waals surface area contributed by atoms with Crippen LogP contribution in [0.5, 0.6) is 0 Å². The summed E-state index contributed by atoms with van der Waals surface area (Å²) in [4.78, 5) is 16.9. The Labute approximate surface area is 173 Å². The number of hydrogen-bond donors (Lipinski definition) is 0. The van der Waals surface area contributed by atoms with Crippen molar-refractivity contribution >= 4 is 0 Å². The molecule has 2 aromatic heterocycles. The van der Waals surface area contributed by atoms with Gasteiger partial charge < -0.3 is 4.52 Å². The van der Waals surface area contributed by atoms with E-state index in [4.69, 9.17) is 9.05 Å². The molecule has 0 amide bonds. The minimum absolute atomic E-state index is 0.146. The Morgan fingerprint density at radius 1 is 0.742 bits per heavy atom. The van der Waals surface area contributed by atoms with E-state index in [0.717, 1.165) is 0 Å². The van der Waals surface area contributed by atoms with E-state index in [1.807, 2.05) is 0 Å². The lowest BCUT2D eigenvalue weighted by Crippen LogP contribution is -2.14. The summed E-state index contributed by atoms with van der Waals surface area (Å²) in [5, 5.41) is 7.79. The summed E-state index contributed by atoms with van der Waals surface area (Å²) in [5.41, 5.74) is 1.90. The Morgan fingerprint density at radius 2 is 1.39 bits per heavy atom. The highest BCUT2D eigenvalue weighted by atomic mass is 19.1. The fourth-order valence-electron chi connectivity index (χ4n) is 3.14. The third-order valence-corrected chi connectivity index (χ3v) is 4.61. The van der Waals surface area contributed by atoms with Crippen molar-refractivity contribution in [3.8, 4) is 39.9 Å². The quantitative estimate of drug-likeness (QED) is 0.428. The molecule has 3 aromatic carbocycles. The van der Waals surface area contributed by atoms with Gasteiger partial charge in [-0.1, -0.05) is 22.4 Å². The maximum Gasteiger partial charge on any atom is 0.446 e. The molecule has 5 aromatic rings. The van der Waals surface area contributed by atoms with E-state index < -0.39 is 11.6 Å². The summed E-state index contributed by atoms with van der Waals surface area (Å²) < 4.78 is 38.0. The van der Waals surface area contributed by atoms with Crippen LogP contribution in [-0.2, 0) is 0 Å². The first kappa shape index (κ1) is 18.6. The maximum absolute atomic E-state index is 13.3. The predicted octanol–water partition coefficient (Wildman–Crippen LogP) is 4.49. The molecule has 152 valence electrons. The van der Waals surface area contributed by atoms with Gasteiger partial charge in [-0.05, 0) is 60.7 Å². The average molecular weight is 418 g/mol. The highest BCUT2D eigenvalue weighted by Gasteiger charge is 2.21. The summed E-state index contributed by atoms with van der Waals surface area (Å²) >= 11 is 0. The Balaban J connectivity index is 1.62. The van der Waals surface area contributed by atoms with E-state index in [-0.39, 0.29) is 23.4 Å². The zero-order valence-corrected chi connectivity index (χ0v) is 15.7. The molecule has 0 saturated carbocycles. The lowest BCUT2D eigenvalue weighted by Gasteiger charge is -2.08. The molecule has 0 aliphatic heterocycles. The standard InChI is InChI=1S/C22H12F2N4O3/c23-15-9-5-13(6-10-15)19-25-21(30-26-19)17-3-1-2-4-18(17)28-20(27-31-22(28)29)14-7-11-16(24)12-8-14/h1-12H. The van der Waals surface area contributed by atoms with Crippen LogP contribution in [0.25, 0.3) is 39.9 Å². The van der Waals surface area contributed by atoms with Crippen LogP contribution in [0.1, 0.15) is 0 Å². The van der Waals surface area contributed by atoms with Gasteiger partial charge in [0.15, 0.2) is 5.82 Å². The van der Waals surface area contributed by atoms with Crippen molar-refractivity contribution in [2.45, 2.75) is 0 Å². The van der Waals surface area contributed by atoms with Gasteiger partial charge in [0.05, 0.1) is 11.3 Å². The molecule has 0 fully saturated rings. The van der Waals surface area contributed by atoms with Gasteiger partial charge in [-0.2, -0.15) is 4.98 Å². The van der Waals surface area contributed by atoms with Crippen molar-refractivity contribution in [1.82, 2.24) is 19.9 Å². The van der Waals surface area contributed by atoms with Crippen molar-refractivity contribution in [1.29, 1.82) is 0 Å². The largest absolute Gasteiger partial charge is 0.446 e. The van der Waals surface area contributed by atoms with Crippen LogP contribution in [-0.4, -0.2) is 19.9 Å². The zero-order valence-electron chi connectivity index (χ0n) is 15.7. The van der Waals surface area contributed by atoms with Gasteiger partial charge in [0.2, 0.25) is 5.82 Å². The first-order valence-electron chi connectivity index (χ1n) is 9.14. The van der Waals surface area contributed by atoms with Gasteiger partial charge in [0, 0.05) is 11.1 Å². The molecule has 7 nitrogen and oxygen atoms in total. The molecule has 0 aliphatic rings. The average Bonchev–Trinajstić information content (AvgIpc) is 3.42. The highest BCUT2D eigenvalue weighted by Crippen LogP contribution is 2.29. The van der Waals surface area contributed by atoms with Crippen LogP contribution < -0.4 is 5.76 Å². The molecule has 31 heavy (non-hydrogen) atoms. The normalized spacial score (nSPS) is 11.0. The number of para-hydroxylation sites is 1. The van der Waals surface area contributed by atoms with E-state index in [1.165, 1.54) is 53.1 Å². The Hall–Kier alpha value is -4.40. The van der Waals surface area contributed by atoms with Crippen LogP contribution in [0.2, 0.25) is 0 Å². The van der Waals surface area contributed by atoms with Gasteiger partial charge in [0.1, 0.15) is 11.6 Å². The lowest BCUT2D eigenvalue weighted by atomic mass is 10.1. The first-order valence-corrected chi connectivity index (χ1v) is 9.14. The number of hydrogen-bond acceptors (Lipinski definition) is 6. The first-order chi connectivity index (χ1) is 15.1. The second-order valence-electron chi connectivity index (χ2n) is 6.56. The van der Waals surface area contributed by atoms with Crippen molar-refractivity contribution in [2.24, 2.45) is 0 Å². The molecule has 0 saturated heterocycles. The molecule has 9 heteroatoms. The van der Waals surface area contributed by atoms with Crippen LogP contribution >= 0.6 is 0 Å². The van der Waals surface area contributed by atoms with Crippen molar-refractivity contribution in [3.05, 3.63) is 95.0 Å². The number of benzene rings is 3. The van der Waals surface area contributed by atoms with Crippen molar-refractivity contribution in [3.63, 3.8) is 0 Å². The molecule has 0 bridgehead atoms. The Bertz CT molecular complexity index is 1420. The Morgan fingerprint density at radius 3 is 2.10 bits per heavy atom. The SMILES string of the molecule is O=c1onc(-c2ccc(F)cc2)n1-c1ccccc1-c1nc(-c2ccc(F)cc2)no1. The van der Waals surface area contributed by atoms with E-state index >= 15 is 0 Å². The van der Waals surface area contributed by atoms with Crippen LogP contribution in [0.3, 0.4) is 0 Å². The van der Waals surface area contributed by atoms with Gasteiger partial charge in [0.25, 0.3) is 5.89 Å². The predicted molar refractivity (Wildman–Crippen MR) is 106 cm³/mol. The summed E-state index contributed by atoms with van der Waals surface area (Å²) in [6, 6.07) is 18.0. The van der Waals surface area contributed by atoms with E-state index in [1.54, 1.807) is 24.3 Å². The molecule has 0 unspecified atom stereocenters. The van der Waals surface area contributed by atoms with Crippen LogP contribution in [0, 0.1) is 11.6 Å². The summed E-state index contributed by atoms with van der Waals surface area (Å²) in [7, 11) is 0. The topological polar surface area (TPSA) is 87.0 Å². The monoisotopic (exact) mass is 418 g/mol. The van der Waals surface area contributed by atoms with Crippen molar-refractivity contribution in [2.75, 3.05) is 0 Å². The fraction of sp³-hybridized carbons (Fsp3) is 0. The number of aromatic nitrogens is 4. The summed E-state index contributed by atoms with van der Waals surface area (Å²) in [6.45, 7) is 0. The van der Waals surface area contributed by atoms with E-state index in [0.29, 0.717) is 22.4 Å². The molecule has 0 spiro atoms. The van der Waals surface area contributed by atoms with E-state index in [9.17, 15) is 13.6 Å². The minimum atomic E-state index is -0.731. The molecule has 5 rings (SSSR count). The summed E-state index contributed by atoms with van der Waals surface area (Å²) in [6.07, 6.45) is 0. The summed E-state index contributed by atoms with van der Waals surface area (Å²) in [5.74, 6) is -0.922. The van der Waals surface area contributed by atoms with Gasteiger partial charge in [-0.3, -0.25) is 4.52 Å². The number of nitrogens with zero attached hydrogens (tertiary/aromatic N) is 4. The third-order valence-electron chi connectivity index (χ3n) is 4.61. The Kier molecular flexibility index (Phi) is 4.47. The van der Waals surface area contributed by atoms with Crippen LogP contribution in [0.15, 0.2) is 86.6 Å². The molecular weight excluding hydrogens is 406 g/mol. The number of rotatable bonds is 4. The van der Waals surface area contributed by atoms with Crippen molar-refractivity contribution < 1.29 is 17.8 Å². The van der Waals surface area contributed by atoms with Gasteiger partial charge in [-0.25, -0.2) is 18.1 Å². The fourth-order valence-corrected chi connectivity index (χ4v) is 3.14. The molecule has 0 N–H and O–H groups in total. The van der Waals surface area contributed by atoms with Gasteiger partial charge in [-0.15, -0.1) is 0 Å².